The van der Waals surface area contributed by atoms with E-state index >= 15 is 0 Å². The Morgan fingerprint density at radius 2 is 1.70 bits per heavy atom. The third kappa shape index (κ3) is 5.42. The first kappa shape index (κ1) is 29.1. The van der Waals surface area contributed by atoms with Gasteiger partial charge in [0.1, 0.15) is 11.6 Å². The number of carbonyl (C=O) groups is 4. The molecule has 2 bridgehead atoms. The van der Waals surface area contributed by atoms with Crippen LogP contribution in [-0.4, -0.2) is 74.3 Å². The molecule has 4 aliphatic rings. The molecule has 1 aromatic carbocycles. The molecule has 0 radical (unpaired) electrons. The molecular formula is C30H31FN6O7. The molecule has 1 saturated carbocycles. The first-order chi connectivity index (χ1) is 21.1. The first-order valence-electron chi connectivity index (χ1n) is 14.5. The van der Waals surface area contributed by atoms with E-state index in [1.807, 2.05) is 0 Å². The van der Waals surface area contributed by atoms with Gasteiger partial charge in [0, 0.05) is 39.3 Å². The zero-order valence-electron chi connectivity index (χ0n) is 23.8. The number of nitrogens with zero attached hydrogens (tertiary/aromatic N) is 4. The normalized spacial score (nSPS) is 20.9. The van der Waals surface area contributed by atoms with E-state index in [1.165, 1.54) is 40.0 Å². The van der Waals surface area contributed by atoms with Crippen molar-refractivity contribution in [3.63, 3.8) is 0 Å². The summed E-state index contributed by atoms with van der Waals surface area (Å²) in [4.78, 5) is 73.0. The van der Waals surface area contributed by atoms with Crippen molar-refractivity contribution < 1.29 is 33.1 Å². The number of furan rings is 1. The topological polar surface area (TPSA) is 167 Å². The lowest BCUT2D eigenvalue weighted by atomic mass is 9.77. The van der Waals surface area contributed by atoms with Crippen LogP contribution in [0.1, 0.15) is 58.1 Å². The molecule has 230 valence electrons. The Morgan fingerprint density at radius 3 is 2.36 bits per heavy atom. The van der Waals surface area contributed by atoms with E-state index in [-0.39, 0.29) is 62.7 Å². The minimum atomic E-state index is -1.21. The zero-order valence-corrected chi connectivity index (χ0v) is 23.8. The van der Waals surface area contributed by atoms with Gasteiger partial charge in [0.25, 0.3) is 17.4 Å². The molecule has 7 rings (SSSR count). The SMILES string of the molecule is O=C(NC12CCC(CC1)Cn1c2nc(C(=O)NCc2ccc(F)cc2)c(O)c1=O)C(=O)N1CCN(C(=O)c2ccco2)CC1. The van der Waals surface area contributed by atoms with E-state index < -0.39 is 46.1 Å². The van der Waals surface area contributed by atoms with Gasteiger partial charge in [-0.3, -0.25) is 28.5 Å². The lowest BCUT2D eigenvalue weighted by molar-refractivity contribution is -0.148. The summed E-state index contributed by atoms with van der Waals surface area (Å²) < 4.78 is 19.7. The Balaban J connectivity index is 1.20. The van der Waals surface area contributed by atoms with E-state index in [0.717, 1.165) is 0 Å². The number of amides is 4. The van der Waals surface area contributed by atoms with E-state index in [9.17, 15) is 33.5 Å². The zero-order chi connectivity index (χ0) is 31.0. The number of fused-ring (bicyclic) bond motifs is 2. The largest absolute Gasteiger partial charge is 0.501 e. The van der Waals surface area contributed by atoms with Gasteiger partial charge in [-0.2, -0.15) is 0 Å². The second-order valence-electron chi connectivity index (χ2n) is 11.4. The van der Waals surface area contributed by atoms with Crippen LogP contribution in [0.25, 0.3) is 0 Å². The number of aromatic nitrogens is 2. The summed E-state index contributed by atoms with van der Waals surface area (Å²) in [6, 6.07) is 8.65. The Labute approximate surface area is 250 Å². The number of nitrogens with one attached hydrogen (secondary N) is 2. The van der Waals surface area contributed by atoms with Crippen molar-refractivity contribution >= 4 is 23.6 Å². The number of aromatic hydroxyl groups is 1. The second kappa shape index (κ2) is 11.6. The molecule has 3 N–H and O–H groups in total. The molecule has 13 nitrogen and oxygen atoms in total. The maximum atomic E-state index is 13.4. The molecule has 2 aromatic heterocycles. The Bertz CT molecular complexity index is 1650. The fourth-order valence-electron chi connectivity index (χ4n) is 6.20. The molecule has 2 fully saturated rings. The summed E-state index contributed by atoms with van der Waals surface area (Å²) in [5.74, 6) is -3.61. The van der Waals surface area contributed by atoms with Crippen molar-refractivity contribution in [2.45, 2.75) is 44.3 Å². The van der Waals surface area contributed by atoms with Crippen LogP contribution in [0.2, 0.25) is 0 Å². The number of benzene rings is 1. The van der Waals surface area contributed by atoms with Crippen molar-refractivity contribution in [2.24, 2.45) is 5.92 Å². The highest BCUT2D eigenvalue weighted by Gasteiger charge is 2.47. The monoisotopic (exact) mass is 606 g/mol. The molecule has 1 saturated heterocycles. The van der Waals surface area contributed by atoms with Gasteiger partial charge in [0.2, 0.25) is 5.75 Å². The molecule has 0 spiro atoms. The van der Waals surface area contributed by atoms with Gasteiger partial charge < -0.3 is 30.0 Å². The van der Waals surface area contributed by atoms with Crippen LogP contribution in [0.15, 0.2) is 51.9 Å². The van der Waals surface area contributed by atoms with Crippen molar-refractivity contribution in [3.8, 4) is 5.75 Å². The van der Waals surface area contributed by atoms with Crippen LogP contribution in [-0.2, 0) is 28.2 Å². The van der Waals surface area contributed by atoms with Crippen LogP contribution in [0.4, 0.5) is 4.39 Å². The Kier molecular flexibility index (Phi) is 7.66. The predicted molar refractivity (Wildman–Crippen MR) is 151 cm³/mol. The van der Waals surface area contributed by atoms with Crippen molar-refractivity contribution in [3.05, 3.63) is 81.7 Å². The molecule has 3 aromatic rings. The van der Waals surface area contributed by atoms with Gasteiger partial charge >= 0.3 is 11.8 Å². The summed E-state index contributed by atoms with van der Waals surface area (Å²) in [5, 5.41) is 16.1. The van der Waals surface area contributed by atoms with Crippen LogP contribution < -0.4 is 16.2 Å². The van der Waals surface area contributed by atoms with Crippen LogP contribution >= 0.6 is 0 Å². The third-order valence-corrected chi connectivity index (χ3v) is 8.69. The fraction of sp³-hybridized carbons (Fsp3) is 0.400. The summed E-state index contributed by atoms with van der Waals surface area (Å²) in [6.45, 7) is 0.991. The molecular weight excluding hydrogens is 575 g/mol. The molecule has 5 heterocycles. The van der Waals surface area contributed by atoms with Crippen molar-refractivity contribution in [1.82, 2.24) is 30.0 Å². The molecule has 14 heteroatoms. The number of hydrogen-bond acceptors (Lipinski definition) is 8. The lowest BCUT2D eigenvalue weighted by Gasteiger charge is -2.38. The summed E-state index contributed by atoms with van der Waals surface area (Å²) in [7, 11) is 0. The second-order valence-corrected chi connectivity index (χ2v) is 11.4. The molecule has 3 aliphatic heterocycles. The Morgan fingerprint density at radius 1 is 1.02 bits per heavy atom. The Hall–Kier alpha value is -5.01. The van der Waals surface area contributed by atoms with Crippen molar-refractivity contribution in [1.29, 1.82) is 0 Å². The highest BCUT2D eigenvalue weighted by atomic mass is 19.1. The molecule has 0 atom stereocenters. The number of carbonyl (C=O) groups excluding carboxylic acids is 4. The van der Waals surface area contributed by atoms with Crippen LogP contribution in [0.5, 0.6) is 5.75 Å². The highest BCUT2D eigenvalue weighted by molar-refractivity contribution is 6.35. The molecule has 1 aliphatic carbocycles. The van der Waals surface area contributed by atoms with Gasteiger partial charge in [0.15, 0.2) is 11.5 Å². The van der Waals surface area contributed by atoms with Gasteiger partial charge in [0.05, 0.1) is 11.8 Å². The smallest absolute Gasteiger partial charge is 0.312 e. The average molecular weight is 607 g/mol. The number of rotatable bonds is 5. The van der Waals surface area contributed by atoms with Gasteiger partial charge in [-0.1, -0.05) is 12.1 Å². The number of halogens is 1. The molecule has 44 heavy (non-hydrogen) atoms. The van der Waals surface area contributed by atoms with E-state index in [4.69, 9.17) is 4.42 Å². The standard InChI is InChI=1S/C30H31FN6O7/c31-20-5-3-18(4-6-20)16-32-24(39)22-23(38)27(42)37-17-19-7-9-30(10-8-19,29(37)33-22)34-25(40)28(43)36-13-11-35(12-14-36)26(41)21-2-1-15-44-21/h1-6,15,19,38H,7-14,16-17H2,(H,32,39)(H,34,40). The van der Waals surface area contributed by atoms with Crippen LogP contribution in [0, 0.1) is 11.7 Å². The quantitative estimate of drug-likeness (QED) is 0.363. The minimum Gasteiger partial charge on any atom is -0.501 e. The van der Waals surface area contributed by atoms with Crippen molar-refractivity contribution in [2.75, 3.05) is 26.2 Å². The van der Waals surface area contributed by atoms with Gasteiger partial charge in [-0.15, -0.1) is 0 Å². The summed E-state index contributed by atoms with van der Waals surface area (Å²) in [6.07, 6.45) is 3.45. The summed E-state index contributed by atoms with van der Waals surface area (Å²) in [5.41, 5.74) is -1.92. The van der Waals surface area contributed by atoms with E-state index in [2.05, 4.69) is 15.6 Å². The average Bonchev–Trinajstić information content (AvgIpc) is 3.48. The number of piperazine rings is 1. The number of hydrogen-bond donors (Lipinski definition) is 3. The first-order valence-corrected chi connectivity index (χ1v) is 14.5. The maximum Gasteiger partial charge on any atom is 0.312 e. The van der Waals surface area contributed by atoms with E-state index in [1.54, 1.807) is 17.0 Å². The molecule has 4 amide bonds. The highest BCUT2D eigenvalue weighted by Crippen LogP contribution is 2.43. The predicted octanol–water partition coefficient (Wildman–Crippen LogP) is 1.11. The fourth-order valence-corrected chi connectivity index (χ4v) is 6.20. The maximum absolute atomic E-state index is 13.4. The lowest BCUT2D eigenvalue weighted by Crippen LogP contribution is -2.57. The minimum absolute atomic E-state index is 0.00250. The van der Waals surface area contributed by atoms with Crippen LogP contribution in [0.3, 0.4) is 0 Å². The summed E-state index contributed by atoms with van der Waals surface area (Å²) >= 11 is 0. The van der Waals surface area contributed by atoms with Gasteiger partial charge in [-0.25, -0.2) is 9.37 Å². The third-order valence-electron chi connectivity index (χ3n) is 8.69. The van der Waals surface area contributed by atoms with Gasteiger partial charge in [-0.05, 0) is 61.4 Å². The van der Waals surface area contributed by atoms with E-state index in [0.29, 0.717) is 31.2 Å². The molecule has 0 unspecified atom stereocenters.